The van der Waals surface area contributed by atoms with Crippen LogP contribution < -0.4 is 10.6 Å². The van der Waals surface area contributed by atoms with Crippen LogP contribution in [0.4, 0.5) is 19.2 Å². The highest BCUT2D eigenvalue weighted by molar-refractivity contribution is 5.32. The van der Waals surface area contributed by atoms with Crippen LogP contribution in [0.5, 0.6) is 0 Å². The third-order valence-corrected chi connectivity index (χ3v) is 2.93. The third-order valence-electron chi connectivity index (χ3n) is 2.93. The zero-order valence-electron chi connectivity index (χ0n) is 10.8. The first kappa shape index (κ1) is 14.1. The van der Waals surface area contributed by atoms with Gasteiger partial charge in [-0.1, -0.05) is 18.9 Å². The van der Waals surface area contributed by atoms with Crippen molar-refractivity contribution in [1.82, 2.24) is 15.5 Å². The summed E-state index contributed by atoms with van der Waals surface area (Å²) in [6.45, 7) is 5.23. The van der Waals surface area contributed by atoms with E-state index in [9.17, 15) is 13.2 Å². The molecule has 0 unspecified atom stereocenters. The Morgan fingerprint density at radius 1 is 1.32 bits per heavy atom. The summed E-state index contributed by atoms with van der Waals surface area (Å²) in [5.74, 6) is 0.751. The molecule has 1 saturated carbocycles. The summed E-state index contributed by atoms with van der Waals surface area (Å²) in [5.41, 5.74) is -1.87. The molecule has 0 aromatic carbocycles. The van der Waals surface area contributed by atoms with Gasteiger partial charge in [0.05, 0.1) is 6.54 Å². The molecular formula is C11H17F3N4O. The van der Waals surface area contributed by atoms with E-state index in [0.29, 0.717) is 12.5 Å². The smallest absolute Gasteiger partial charge is 0.407 e. The fourth-order valence-corrected chi connectivity index (χ4v) is 1.65. The summed E-state index contributed by atoms with van der Waals surface area (Å²) < 4.78 is 43.3. The second kappa shape index (κ2) is 4.99. The monoisotopic (exact) mass is 278 g/mol. The van der Waals surface area contributed by atoms with Gasteiger partial charge >= 0.3 is 12.2 Å². The lowest BCUT2D eigenvalue weighted by Crippen LogP contribution is -2.38. The van der Waals surface area contributed by atoms with Gasteiger partial charge in [0.25, 0.3) is 0 Å². The lowest BCUT2D eigenvalue weighted by atomic mass is 10.2. The Kier molecular flexibility index (Phi) is 3.71. The van der Waals surface area contributed by atoms with E-state index in [0.717, 1.165) is 6.54 Å². The van der Waals surface area contributed by atoms with Crippen LogP contribution in [0.2, 0.25) is 0 Å². The number of aromatic nitrogens is 2. The van der Waals surface area contributed by atoms with Crippen LogP contribution in [-0.4, -0.2) is 28.5 Å². The van der Waals surface area contributed by atoms with Crippen LogP contribution in [0.25, 0.3) is 0 Å². The summed E-state index contributed by atoms with van der Waals surface area (Å²) in [6.07, 6.45) is -4.21. The second-order valence-electron chi connectivity index (χ2n) is 5.23. The maximum absolute atomic E-state index is 12.7. The van der Waals surface area contributed by atoms with Crippen LogP contribution in [0, 0.1) is 5.92 Å². The van der Waals surface area contributed by atoms with Crippen LogP contribution in [0.1, 0.15) is 32.6 Å². The Bertz CT molecular complexity index is 426. The molecule has 0 radical (unpaired) electrons. The van der Waals surface area contributed by atoms with E-state index in [-0.39, 0.29) is 24.7 Å². The zero-order chi connectivity index (χ0) is 14.1. The molecule has 19 heavy (non-hydrogen) atoms. The minimum Gasteiger partial charge on any atom is -0.407 e. The van der Waals surface area contributed by atoms with Crippen molar-refractivity contribution in [2.45, 2.75) is 44.9 Å². The Morgan fingerprint density at radius 3 is 2.53 bits per heavy atom. The fourth-order valence-electron chi connectivity index (χ4n) is 1.65. The molecule has 0 atom stereocenters. The molecule has 0 amide bonds. The van der Waals surface area contributed by atoms with Crippen LogP contribution >= 0.6 is 0 Å². The van der Waals surface area contributed by atoms with Crippen LogP contribution in [0.3, 0.4) is 0 Å². The quantitative estimate of drug-likeness (QED) is 0.836. The largest absolute Gasteiger partial charge is 0.411 e. The molecule has 8 heteroatoms. The van der Waals surface area contributed by atoms with Crippen molar-refractivity contribution in [2.75, 3.05) is 11.9 Å². The lowest BCUT2D eigenvalue weighted by Gasteiger charge is -2.18. The van der Waals surface area contributed by atoms with Gasteiger partial charge in [-0.25, -0.2) is 0 Å². The van der Waals surface area contributed by atoms with Gasteiger partial charge in [-0.05, 0) is 25.3 Å². The van der Waals surface area contributed by atoms with E-state index in [1.165, 1.54) is 0 Å². The van der Waals surface area contributed by atoms with Crippen molar-refractivity contribution >= 4 is 6.01 Å². The van der Waals surface area contributed by atoms with Gasteiger partial charge in [0.15, 0.2) is 0 Å². The molecule has 1 aliphatic carbocycles. The molecule has 0 spiro atoms. The molecule has 0 saturated heterocycles. The van der Waals surface area contributed by atoms with Gasteiger partial charge in [0.2, 0.25) is 5.89 Å². The molecular weight excluding hydrogens is 261 g/mol. The van der Waals surface area contributed by atoms with Gasteiger partial charge in [-0.2, -0.15) is 13.2 Å². The van der Waals surface area contributed by atoms with Crippen molar-refractivity contribution in [3.05, 3.63) is 5.89 Å². The van der Waals surface area contributed by atoms with E-state index in [1.54, 1.807) is 0 Å². The fraction of sp³-hybridized carbons (Fsp3) is 0.818. The van der Waals surface area contributed by atoms with Crippen molar-refractivity contribution < 1.29 is 17.6 Å². The summed E-state index contributed by atoms with van der Waals surface area (Å²) in [7, 11) is 0. The van der Waals surface area contributed by atoms with Crippen LogP contribution in [0.15, 0.2) is 4.42 Å². The Labute approximate surface area is 109 Å². The first-order valence-corrected chi connectivity index (χ1v) is 6.20. The van der Waals surface area contributed by atoms with Crippen molar-refractivity contribution in [3.63, 3.8) is 0 Å². The second-order valence-corrected chi connectivity index (χ2v) is 5.23. The van der Waals surface area contributed by atoms with Gasteiger partial charge in [0, 0.05) is 0 Å². The molecule has 108 valence electrons. The molecule has 1 aromatic rings. The van der Waals surface area contributed by atoms with E-state index in [1.807, 2.05) is 13.8 Å². The van der Waals surface area contributed by atoms with Crippen molar-refractivity contribution in [3.8, 4) is 0 Å². The number of rotatable bonds is 6. The predicted octanol–water partition coefficient (Wildman–Crippen LogP) is 2.32. The minimum atomic E-state index is -4.29. The topological polar surface area (TPSA) is 63.0 Å². The molecule has 1 aliphatic rings. The molecule has 1 fully saturated rings. The number of anilines is 1. The average Bonchev–Trinajstić information content (AvgIpc) is 2.93. The maximum atomic E-state index is 12.7. The molecule has 1 heterocycles. The highest BCUT2D eigenvalue weighted by atomic mass is 19.4. The average molecular weight is 278 g/mol. The summed E-state index contributed by atoms with van der Waals surface area (Å²) in [6, 6.07) is -0.170. The Morgan fingerprint density at radius 2 is 2.00 bits per heavy atom. The number of halogens is 3. The standard InChI is InChI=1S/C11H17F3N4O/c1-7(2)5-15-6-8-17-18-9(19-8)16-10(3-4-10)11(12,13)14/h7,15H,3-6H2,1-2H3,(H,16,18). The Hall–Kier alpha value is -1.31. The van der Waals surface area contributed by atoms with Crippen LogP contribution in [-0.2, 0) is 6.54 Å². The molecule has 0 aliphatic heterocycles. The SMILES string of the molecule is CC(C)CNCc1nnc(NC2(C(F)(F)F)CC2)o1. The number of hydrogen-bond donors (Lipinski definition) is 2. The normalized spacial score (nSPS) is 17.8. The lowest BCUT2D eigenvalue weighted by molar-refractivity contribution is -0.151. The summed E-state index contributed by atoms with van der Waals surface area (Å²) in [5, 5.41) is 12.7. The zero-order valence-corrected chi connectivity index (χ0v) is 10.8. The third kappa shape index (κ3) is 3.37. The molecule has 2 N–H and O–H groups in total. The van der Waals surface area contributed by atoms with Crippen molar-refractivity contribution in [1.29, 1.82) is 0 Å². The minimum absolute atomic E-state index is 0.0415. The van der Waals surface area contributed by atoms with Gasteiger partial charge < -0.3 is 15.1 Å². The number of nitrogens with one attached hydrogen (secondary N) is 2. The number of hydrogen-bond acceptors (Lipinski definition) is 5. The van der Waals surface area contributed by atoms with Gasteiger partial charge in [-0.15, -0.1) is 5.10 Å². The maximum Gasteiger partial charge on any atom is 0.411 e. The number of alkyl halides is 3. The molecule has 5 nitrogen and oxygen atoms in total. The number of nitrogens with zero attached hydrogens (tertiary/aromatic N) is 2. The molecule has 2 rings (SSSR count). The highest BCUT2D eigenvalue weighted by Crippen LogP contribution is 2.50. The first-order valence-electron chi connectivity index (χ1n) is 6.20. The summed E-state index contributed by atoms with van der Waals surface area (Å²) in [4.78, 5) is 0. The van der Waals surface area contributed by atoms with Gasteiger partial charge in [0.1, 0.15) is 5.54 Å². The highest BCUT2D eigenvalue weighted by Gasteiger charge is 2.64. The van der Waals surface area contributed by atoms with Gasteiger partial charge in [-0.3, -0.25) is 0 Å². The first-order chi connectivity index (χ1) is 8.82. The van der Waals surface area contributed by atoms with E-state index >= 15 is 0 Å². The molecule has 1 aromatic heterocycles. The predicted molar refractivity (Wildman–Crippen MR) is 62.5 cm³/mol. The van der Waals surface area contributed by atoms with Crippen molar-refractivity contribution in [2.24, 2.45) is 5.92 Å². The summed E-state index contributed by atoms with van der Waals surface area (Å²) >= 11 is 0. The van der Waals surface area contributed by atoms with E-state index < -0.39 is 11.7 Å². The van der Waals surface area contributed by atoms with E-state index in [2.05, 4.69) is 20.8 Å². The molecule has 0 bridgehead atoms. The van der Waals surface area contributed by atoms with E-state index in [4.69, 9.17) is 4.42 Å². The Balaban J connectivity index is 1.88.